The van der Waals surface area contributed by atoms with Gasteiger partial charge in [0.25, 0.3) is 5.56 Å². The summed E-state index contributed by atoms with van der Waals surface area (Å²) < 4.78 is 8.68. The fourth-order valence-electron chi connectivity index (χ4n) is 4.63. The largest absolute Gasteiger partial charge is 0.495 e. The summed E-state index contributed by atoms with van der Waals surface area (Å²) in [5.74, 6) is 0.349. The zero-order chi connectivity index (χ0) is 27.4. The second-order valence-electron chi connectivity index (χ2n) is 9.10. The molecule has 2 aromatic carbocycles. The van der Waals surface area contributed by atoms with Gasteiger partial charge >= 0.3 is 0 Å². The third kappa shape index (κ3) is 5.56. The van der Waals surface area contributed by atoms with E-state index in [-0.39, 0.29) is 17.8 Å². The average Bonchev–Trinajstić information content (AvgIpc) is 3.48. The Morgan fingerprint density at radius 1 is 1.05 bits per heavy atom. The number of benzene rings is 2. The molecule has 3 aromatic heterocycles. The monoisotopic (exact) mass is 543 g/mol. The number of carbonyl (C=O) groups is 1. The number of hydrogen-bond acceptors (Lipinski definition) is 8. The van der Waals surface area contributed by atoms with Crippen LogP contribution in [-0.2, 0) is 11.2 Å². The van der Waals surface area contributed by atoms with E-state index in [4.69, 9.17) is 16.3 Å². The molecule has 3 heterocycles. The molecule has 0 amide bonds. The van der Waals surface area contributed by atoms with Crippen LogP contribution in [0.4, 0.5) is 0 Å². The van der Waals surface area contributed by atoms with Crippen LogP contribution in [0.5, 0.6) is 5.75 Å². The van der Waals surface area contributed by atoms with E-state index >= 15 is 0 Å². The van der Waals surface area contributed by atoms with Crippen LogP contribution < -0.4 is 10.3 Å². The molecule has 39 heavy (non-hydrogen) atoms. The van der Waals surface area contributed by atoms with Crippen molar-refractivity contribution in [1.82, 2.24) is 34.7 Å². The van der Waals surface area contributed by atoms with Gasteiger partial charge in [-0.2, -0.15) is 4.68 Å². The van der Waals surface area contributed by atoms with E-state index in [1.54, 1.807) is 36.8 Å². The molecule has 0 spiro atoms. The van der Waals surface area contributed by atoms with Gasteiger partial charge in [-0.05, 0) is 52.7 Å². The Balaban J connectivity index is 1.54. The standard InChI is InChI=1S/C28H26ClN7O3/c1-3-4-5-25(26(37)13-18-6-8-22-23(12-18)31-11-10-30-22)35-16-27(39-2)21(15-28(35)38)20-14-19(29)7-9-24(20)36-17-32-33-34-36/h6-12,14-17,25H,3-5,13H2,1-2H3. The van der Waals surface area contributed by atoms with Crippen LogP contribution in [0.15, 0.2) is 72.2 Å². The smallest absolute Gasteiger partial charge is 0.252 e. The molecule has 0 radical (unpaired) electrons. The fourth-order valence-corrected chi connectivity index (χ4v) is 4.80. The van der Waals surface area contributed by atoms with Gasteiger partial charge in [0.1, 0.15) is 12.1 Å². The number of halogens is 1. The van der Waals surface area contributed by atoms with Gasteiger partial charge in [-0.1, -0.05) is 37.4 Å². The molecule has 198 valence electrons. The van der Waals surface area contributed by atoms with Crippen LogP contribution in [0, 0.1) is 0 Å². The summed E-state index contributed by atoms with van der Waals surface area (Å²) in [5, 5.41) is 11.9. The summed E-state index contributed by atoms with van der Waals surface area (Å²) in [5.41, 5.74) is 3.72. The van der Waals surface area contributed by atoms with Gasteiger partial charge in [-0.15, -0.1) is 5.10 Å². The number of unbranched alkanes of at least 4 members (excludes halogenated alkanes) is 1. The number of carbonyl (C=O) groups excluding carboxylic acids is 1. The Kier molecular flexibility index (Phi) is 7.74. The van der Waals surface area contributed by atoms with Gasteiger partial charge < -0.3 is 9.30 Å². The first-order valence-corrected chi connectivity index (χ1v) is 12.9. The highest BCUT2D eigenvalue weighted by Crippen LogP contribution is 2.35. The second kappa shape index (κ2) is 11.5. The maximum absolute atomic E-state index is 13.6. The maximum atomic E-state index is 13.6. The van der Waals surface area contributed by atoms with Crippen molar-refractivity contribution in [2.45, 2.75) is 38.6 Å². The van der Waals surface area contributed by atoms with E-state index in [1.165, 1.54) is 28.8 Å². The molecule has 0 fully saturated rings. The molecule has 0 bridgehead atoms. The van der Waals surface area contributed by atoms with Gasteiger partial charge in [0, 0.05) is 41.0 Å². The number of Topliss-reactive ketones (excluding diaryl/α,β-unsaturated/α-hetero) is 1. The minimum atomic E-state index is -0.656. The van der Waals surface area contributed by atoms with E-state index in [1.807, 2.05) is 18.2 Å². The lowest BCUT2D eigenvalue weighted by Crippen LogP contribution is -2.30. The van der Waals surface area contributed by atoms with Gasteiger partial charge in [-0.25, -0.2) is 0 Å². The van der Waals surface area contributed by atoms with E-state index in [9.17, 15) is 9.59 Å². The first-order chi connectivity index (χ1) is 19.0. The molecule has 0 saturated carbocycles. The highest BCUT2D eigenvalue weighted by atomic mass is 35.5. The zero-order valence-corrected chi connectivity index (χ0v) is 22.2. The van der Waals surface area contributed by atoms with Gasteiger partial charge in [0.15, 0.2) is 5.78 Å². The number of tetrazole rings is 1. The van der Waals surface area contributed by atoms with E-state index in [0.717, 1.165) is 29.4 Å². The van der Waals surface area contributed by atoms with Crippen molar-refractivity contribution >= 4 is 28.4 Å². The highest BCUT2D eigenvalue weighted by Gasteiger charge is 2.24. The number of pyridine rings is 1. The summed E-state index contributed by atoms with van der Waals surface area (Å²) in [6, 6.07) is 11.6. The number of nitrogens with zero attached hydrogens (tertiary/aromatic N) is 7. The SMILES string of the molecule is CCCCC(C(=O)Cc1ccc2nccnc2c1)n1cc(OC)c(-c2cc(Cl)ccc2-n2cnnn2)cc1=O. The molecular formula is C28H26ClN7O3. The molecule has 5 aromatic rings. The first-order valence-electron chi connectivity index (χ1n) is 12.5. The summed E-state index contributed by atoms with van der Waals surface area (Å²) >= 11 is 6.32. The van der Waals surface area contributed by atoms with Gasteiger partial charge in [-0.3, -0.25) is 19.6 Å². The Hall–Kier alpha value is -4.44. The van der Waals surface area contributed by atoms with Crippen LogP contribution in [0.3, 0.4) is 0 Å². The van der Waals surface area contributed by atoms with Crippen molar-refractivity contribution in [2.24, 2.45) is 0 Å². The molecule has 1 atom stereocenters. The lowest BCUT2D eigenvalue weighted by atomic mass is 9.98. The molecule has 0 saturated heterocycles. The van der Waals surface area contributed by atoms with Crippen LogP contribution >= 0.6 is 11.6 Å². The average molecular weight is 544 g/mol. The van der Waals surface area contributed by atoms with Gasteiger partial charge in [0.05, 0.1) is 36.1 Å². The summed E-state index contributed by atoms with van der Waals surface area (Å²) in [6.07, 6.45) is 8.67. The van der Waals surface area contributed by atoms with Crippen LogP contribution in [0.2, 0.25) is 5.02 Å². The minimum Gasteiger partial charge on any atom is -0.495 e. The maximum Gasteiger partial charge on any atom is 0.252 e. The van der Waals surface area contributed by atoms with Crippen molar-refractivity contribution in [1.29, 1.82) is 0 Å². The molecule has 0 N–H and O–H groups in total. The normalized spacial score (nSPS) is 12.0. The van der Waals surface area contributed by atoms with Crippen molar-refractivity contribution in [3.05, 3.63) is 88.3 Å². The molecule has 0 aliphatic carbocycles. The third-order valence-corrected chi connectivity index (χ3v) is 6.79. The van der Waals surface area contributed by atoms with E-state index < -0.39 is 6.04 Å². The summed E-state index contributed by atoms with van der Waals surface area (Å²) in [7, 11) is 1.52. The third-order valence-electron chi connectivity index (χ3n) is 6.56. The molecule has 0 aliphatic rings. The Labute approximate surface area is 229 Å². The molecule has 10 nitrogen and oxygen atoms in total. The molecular weight excluding hydrogens is 518 g/mol. The topological polar surface area (TPSA) is 118 Å². The fraction of sp³-hybridized carbons (Fsp3) is 0.250. The zero-order valence-electron chi connectivity index (χ0n) is 21.5. The molecule has 5 rings (SSSR count). The quantitative estimate of drug-likeness (QED) is 0.250. The predicted octanol–water partition coefficient (Wildman–Crippen LogP) is 4.64. The Bertz CT molecular complexity index is 1680. The van der Waals surface area contributed by atoms with Crippen molar-refractivity contribution in [2.75, 3.05) is 7.11 Å². The van der Waals surface area contributed by atoms with Crippen molar-refractivity contribution in [3.8, 4) is 22.6 Å². The highest BCUT2D eigenvalue weighted by molar-refractivity contribution is 6.31. The summed E-state index contributed by atoms with van der Waals surface area (Å²) in [4.78, 5) is 35.8. The number of aromatic nitrogens is 7. The minimum absolute atomic E-state index is 0.0688. The molecule has 11 heteroatoms. The number of hydrogen-bond donors (Lipinski definition) is 0. The second-order valence-corrected chi connectivity index (χ2v) is 9.53. The molecule has 1 unspecified atom stereocenters. The number of methoxy groups -OCH3 is 1. The summed E-state index contributed by atoms with van der Waals surface area (Å²) in [6.45, 7) is 2.05. The van der Waals surface area contributed by atoms with Gasteiger partial charge in [0.2, 0.25) is 0 Å². The molecule has 0 aliphatic heterocycles. The van der Waals surface area contributed by atoms with Crippen molar-refractivity contribution < 1.29 is 9.53 Å². The van der Waals surface area contributed by atoms with Crippen LogP contribution in [0.25, 0.3) is 27.8 Å². The van der Waals surface area contributed by atoms with E-state index in [2.05, 4.69) is 32.4 Å². The lowest BCUT2D eigenvalue weighted by Gasteiger charge is -2.21. The number of rotatable bonds is 10. The number of ether oxygens (including phenoxy) is 1. The van der Waals surface area contributed by atoms with Crippen LogP contribution in [-0.4, -0.2) is 47.6 Å². The van der Waals surface area contributed by atoms with E-state index in [0.29, 0.717) is 34.0 Å². The Morgan fingerprint density at radius 2 is 1.87 bits per heavy atom. The Morgan fingerprint density at radius 3 is 2.62 bits per heavy atom. The predicted molar refractivity (Wildman–Crippen MR) is 147 cm³/mol. The van der Waals surface area contributed by atoms with Crippen LogP contribution in [0.1, 0.15) is 37.8 Å². The van der Waals surface area contributed by atoms with Crippen molar-refractivity contribution in [3.63, 3.8) is 0 Å². The first kappa shape index (κ1) is 26.2. The number of ketones is 1. The number of fused-ring (bicyclic) bond motifs is 1. The lowest BCUT2D eigenvalue weighted by molar-refractivity contribution is -0.121.